The van der Waals surface area contributed by atoms with Gasteiger partial charge in [-0.1, -0.05) is 104 Å². The second kappa shape index (κ2) is 7.66. The van der Waals surface area contributed by atoms with Crippen LogP contribution in [0.3, 0.4) is 0 Å². The van der Waals surface area contributed by atoms with Crippen molar-refractivity contribution in [2.75, 3.05) is 0 Å². The standard InChI is InChI=1S/C24H27OP/c1-20(24(2,3)25)19-26(21-13-7-4-8-14-21,22-15-9-5-10-16-22)23-17-11-6-12-18-23/h4-20,25H,1-3H3/t20-/m0/s1. The van der Waals surface area contributed by atoms with Gasteiger partial charge in [0.2, 0.25) is 0 Å². The van der Waals surface area contributed by atoms with E-state index >= 15 is 0 Å². The van der Waals surface area contributed by atoms with Gasteiger partial charge in [0.1, 0.15) is 0 Å². The molecule has 0 saturated heterocycles. The summed E-state index contributed by atoms with van der Waals surface area (Å²) in [5.74, 6) is 2.45. The van der Waals surface area contributed by atoms with Crippen LogP contribution in [0.2, 0.25) is 0 Å². The Kier molecular flexibility index (Phi) is 5.51. The largest absolute Gasteiger partial charge is 0.390 e. The molecule has 0 heterocycles. The lowest BCUT2D eigenvalue weighted by Crippen LogP contribution is -2.34. The molecule has 26 heavy (non-hydrogen) atoms. The second-order valence-electron chi connectivity index (χ2n) is 7.32. The van der Waals surface area contributed by atoms with E-state index in [0.29, 0.717) is 0 Å². The third-order valence-electron chi connectivity index (χ3n) is 5.05. The molecule has 0 spiro atoms. The molecule has 0 aliphatic heterocycles. The van der Waals surface area contributed by atoms with Gasteiger partial charge in [-0.2, -0.15) is 0 Å². The summed E-state index contributed by atoms with van der Waals surface area (Å²) in [7, 11) is 0. The molecule has 0 aliphatic carbocycles. The van der Waals surface area contributed by atoms with E-state index in [1.165, 1.54) is 15.9 Å². The SMILES string of the molecule is C[C@@H](C=P(c1ccccc1)(c1ccccc1)c1ccccc1)C(C)(C)O. The van der Waals surface area contributed by atoms with Crippen molar-refractivity contribution in [1.29, 1.82) is 0 Å². The fourth-order valence-electron chi connectivity index (χ4n) is 3.21. The fourth-order valence-corrected chi connectivity index (χ4v) is 7.59. The maximum atomic E-state index is 10.7. The van der Waals surface area contributed by atoms with Crippen LogP contribution >= 0.6 is 6.89 Å². The highest BCUT2D eigenvalue weighted by Gasteiger charge is 2.29. The van der Waals surface area contributed by atoms with Gasteiger partial charge in [0.15, 0.2) is 0 Å². The third kappa shape index (κ3) is 3.70. The second-order valence-corrected chi connectivity index (χ2v) is 10.6. The van der Waals surface area contributed by atoms with Gasteiger partial charge < -0.3 is 5.11 Å². The van der Waals surface area contributed by atoms with E-state index in [-0.39, 0.29) is 5.92 Å². The first-order valence-corrected chi connectivity index (χ1v) is 10.9. The lowest BCUT2D eigenvalue weighted by atomic mass is 9.95. The molecule has 0 aromatic heterocycles. The Balaban J connectivity index is 2.42. The van der Waals surface area contributed by atoms with Crippen LogP contribution in [-0.4, -0.2) is 16.5 Å². The summed E-state index contributed by atoms with van der Waals surface area (Å²) >= 11 is 0. The summed E-state index contributed by atoms with van der Waals surface area (Å²) in [6.45, 7) is 3.91. The minimum atomic E-state index is -1.99. The van der Waals surface area contributed by atoms with Gasteiger partial charge in [-0.25, -0.2) is 0 Å². The summed E-state index contributed by atoms with van der Waals surface area (Å²) in [5.41, 5.74) is -0.774. The number of benzene rings is 3. The molecule has 0 amide bonds. The Morgan fingerprint density at radius 1 is 0.692 bits per heavy atom. The molecule has 0 radical (unpaired) electrons. The molecule has 0 fully saturated rings. The van der Waals surface area contributed by atoms with Crippen LogP contribution < -0.4 is 15.9 Å². The first-order valence-electron chi connectivity index (χ1n) is 9.08. The topological polar surface area (TPSA) is 20.2 Å². The number of aliphatic hydroxyl groups is 1. The summed E-state index contributed by atoms with van der Waals surface area (Å²) in [5, 5.41) is 14.6. The molecule has 134 valence electrons. The third-order valence-corrected chi connectivity index (χ3v) is 9.28. The molecule has 3 rings (SSSR count). The van der Waals surface area contributed by atoms with Gasteiger partial charge in [0.25, 0.3) is 0 Å². The highest BCUT2D eigenvalue weighted by molar-refractivity contribution is 7.94. The molecule has 0 unspecified atom stereocenters. The normalized spacial score (nSPS) is 13.2. The highest BCUT2D eigenvalue weighted by Crippen LogP contribution is 2.45. The van der Waals surface area contributed by atoms with Gasteiger partial charge in [-0.05, 0) is 36.6 Å². The van der Waals surface area contributed by atoms with Crippen LogP contribution in [0, 0.1) is 5.92 Å². The predicted octanol–water partition coefficient (Wildman–Crippen LogP) is 4.19. The first-order chi connectivity index (χ1) is 12.4. The minimum absolute atomic E-state index is 0.0384. The Morgan fingerprint density at radius 3 is 1.27 bits per heavy atom. The zero-order chi connectivity index (χ0) is 18.6. The van der Waals surface area contributed by atoms with E-state index < -0.39 is 12.5 Å². The maximum absolute atomic E-state index is 10.7. The van der Waals surface area contributed by atoms with E-state index in [9.17, 15) is 5.11 Å². The number of rotatable bonds is 5. The molecular weight excluding hydrogens is 335 g/mol. The van der Waals surface area contributed by atoms with Gasteiger partial charge in [0, 0.05) is 5.92 Å². The van der Waals surface area contributed by atoms with Gasteiger partial charge in [-0.3, -0.25) is 0 Å². The quantitative estimate of drug-likeness (QED) is 0.675. The van der Waals surface area contributed by atoms with E-state index in [0.717, 1.165) is 0 Å². The van der Waals surface area contributed by atoms with Crippen molar-refractivity contribution in [3.8, 4) is 0 Å². The molecule has 1 N–H and O–H groups in total. The Labute approximate surface area is 157 Å². The van der Waals surface area contributed by atoms with E-state index in [1.54, 1.807) is 0 Å². The van der Waals surface area contributed by atoms with Crippen LogP contribution in [0.5, 0.6) is 0 Å². The van der Waals surface area contributed by atoms with Gasteiger partial charge >= 0.3 is 0 Å². The minimum Gasteiger partial charge on any atom is -0.390 e. The summed E-state index contributed by atoms with van der Waals surface area (Å²) < 4.78 is 0. The highest BCUT2D eigenvalue weighted by atomic mass is 31.2. The molecule has 1 atom stereocenters. The zero-order valence-electron chi connectivity index (χ0n) is 15.7. The van der Waals surface area contributed by atoms with Gasteiger partial charge in [0.05, 0.1) is 5.60 Å². The predicted molar refractivity (Wildman–Crippen MR) is 117 cm³/mol. The van der Waals surface area contributed by atoms with Crippen LogP contribution in [0.25, 0.3) is 0 Å². The Bertz CT molecular complexity index is 774. The van der Waals surface area contributed by atoms with Crippen LogP contribution in [0.4, 0.5) is 0 Å². The van der Waals surface area contributed by atoms with Gasteiger partial charge in [-0.15, -0.1) is 0 Å². The monoisotopic (exact) mass is 362 g/mol. The van der Waals surface area contributed by atoms with Crippen LogP contribution in [0.1, 0.15) is 20.8 Å². The van der Waals surface area contributed by atoms with Crippen molar-refractivity contribution in [3.05, 3.63) is 91.0 Å². The molecule has 0 saturated carbocycles. The van der Waals surface area contributed by atoms with E-state index in [2.05, 4.69) is 104 Å². The lowest BCUT2D eigenvalue weighted by molar-refractivity contribution is 0.0537. The summed E-state index contributed by atoms with van der Waals surface area (Å²) in [4.78, 5) is 0. The van der Waals surface area contributed by atoms with E-state index in [4.69, 9.17) is 0 Å². The van der Waals surface area contributed by atoms with Crippen LogP contribution in [-0.2, 0) is 0 Å². The smallest absolute Gasteiger partial charge is 0.0652 e. The van der Waals surface area contributed by atoms with Crippen molar-refractivity contribution >= 4 is 28.6 Å². The summed E-state index contributed by atoms with van der Waals surface area (Å²) in [6.07, 6.45) is 0. The average Bonchev–Trinajstić information content (AvgIpc) is 2.67. The molecular formula is C24H27OP. The fraction of sp³-hybridized carbons (Fsp3) is 0.208. The Hall–Kier alpha value is -2.08. The van der Waals surface area contributed by atoms with Crippen LogP contribution in [0.15, 0.2) is 91.0 Å². The van der Waals surface area contributed by atoms with Crippen molar-refractivity contribution in [2.45, 2.75) is 26.4 Å². The molecule has 3 aromatic carbocycles. The zero-order valence-corrected chi connectivity index (χ0v) is 16.6. The maximum Gasteiger partial charge on any atom is 0.0652 e. The van der Waals surface area contributed by atoms with Crippen molar-refractivity contribution in [1.82, 2.24) is 0 Å². The van der Waals surface area contributed by atoms with Crippen molar-refractivity contribution < 1.29 is 5.11 Å². The molecule has 2 heteroatoms. The number of hydrogen-bond donors (Lipinski definition) is 1. The van der Waals surface area contributed by atoms with Crippen molar-refractivity contribution in [3.63, 3.8) is 0 Å². The average molecular weight is 362 g/mol. The molecule has 1 nitrogen and oxygen atoms in total. The van der Waals surface area contributed by atoms with E-state index in [1.807, 2.05) is 13.8 Å². The molecule has 0 aliphatic rings. The first kappa shape index (κ1) is 18.7. The molecule has 3 aromatic rings. The molecule has 0 bridgehead atoms. The lowest BCUT2D eigenvalue weighted by Gasteiger charge is -2.33. The summed E-state index contributed by atoms with van der Waals surface area (Å²) in [6, 6.07) is 32.2. The van der Waals surface area contributed by atoms with Crippen molar-refractivity contribution in [2.24, 2.45) is 5.92 Å². The number of hydrogen-bond acceptors (Lipinski definition) is 1. The Morgan fingerprint density at radius 2 is 1.00 bits per heavy atom.